The fraction of sp³-hybridized carbons (Fsp3) is 0. The molecule has 0 atom stereocenters. The Morgan fingerprint density at radius 2 is 1.62 bits per heavy atom. The monoisotopic (exact) mass is 278 g/mol. The summed E-state index contributed by atoms with van der Waals surface area (Å²) in [4.78, 5) is 11.6. The second-order valence-corrected chi connectivity index (χ2v) is 4.53. The number of hydrogen-bond acceptors (Lipinski definition) is 3. The molecule has 0 saturated heterocycles. The van der Waals surface area contributed by atoms with Gasteiger partial charge in [0.05, 0.1) is 17.6 Å². The van der Waals surface area contributed by atoms with Crippen LogP contribution in [-0.4, -0.2) is 15.7 Å². The van der Waals surface area contributed by atoms with E-state index in [1.807, 2.05) is 60.7 Å². The van der Waals surface area contributed by atoms with Crippen molar-refractivity contribution in [3.63, 3.8) is 0 Å². The average Bonchev–Trinajstić information content (AvgIpc) is 2.93. The minimum absolute atomic E-state index is 0.211. The van der Waals surface area contributed by atoms with Gasteiger partial charge < -0.3 is 11.1 Å². The minimum atomic E-state index is -0.567. The highest BCUT2D eigenvalue weighted by Gasteiger charge is 2.15. The van der Waals surface area contributed by atoms with Crippen molar-refractivity contribution in [3.8, 4) is 5.69 Å². The zero-order chi connectivity index (χ0) is 14.7. The van der Waals surface area contributed by atoms with E-state index in [1.165, 1.54) is 0 Å². The van der Waals surface area contributed by atoms with Gasteiger partial charge in [0.2, 0.25) is 0 Å². The summed E-state index contributed by atoms with van der Waals surface area (Å²) in [6.07, 6.45) is 1.75. The van der Waals surface area contributed by atoms with Gasteiger partial charge in [0.15, 0.2) is 5.69 Å². The number of nitrogens with two attached hydrogens (primary N) is 1. The Hall–Kier alpha value is -3.08. The van der Waals surface area contributed by atoms with E-state index in [4.69, 9.17) is 5.73 Å². The van der Waals surface area contributed by atoms with Crippen molar-refractivity contribution in [3.05, 3.63) is 72.6 Å². The van der Waals surface area contributed by atoms with E-state index in [0.29, 0.717) is 5.69 Å². The lowest BCUT2D eigenvalue weighted by Crippen LogP contribution is -2.14. The molecule has 0 bridgehead atoms. The average molecular weight is 278 g/mol. The van der Waals surface area contributed by atoms with Crippen LogP contribution in [0.15, 0.2) is 66.9 Å². The molecular weight excluding hydrogens is 264 g/mol. The van der Waals surface area contributed by atoms with Crippen molar-refractivity contribution in [2.45, 2.75) is 0 Å². The number of aromatic nitrogens is 2. The number of nitrogens with zero attached hydrogens (tertiary/aromatic N) is 2. The number of anilines is 2. The lowest BCUT2D eigenvalue weighted by Gasteiger charge is -2.03. The standard InChI is InChI=1S/C16H14N4O/c17-16(21)15-14(18-12-7-3-1-4-8-12)11-20(19-15)13-9-5-2-6-10-13/h1-11,18H,(H2,17,21). The van der Waals surface area contributed by atoms with E-state index in [9.17, 15) is 4.79 Å². The SMILES string of the molecule is NC(=O)c1nn(-c2ccccc2)cc1Nc1ccccc1. The van der Waals surface area contributed by atoms with Crippen LogP contribution >= 0.6 is 0 Å². The summed E-state index contributed by atoms with van der Waals surface area (Å²) >= 11 is 0. The van der Waals surface area contributed by atoms with E-state index in [1.54, 1.807) is 10.9 Å². The Balaban J connectivity index is 2.00. The Kier molecular flexibility index (Phi) is 3.39. The molecule has 0 spiro atoms. The molecule has 3 aromatic rings. The number of hydrogen-bond donors (Lipinski definition) is 2. The first kappa shape index (κ1) is 12.9. The normalized spacial score (nSPS) is 10.3. The molecule has 0 saturated carbocycles. The molecule has 0 unspecified atom stereocenters. The third-order valence-electron chi connectivity index (χ3n) is 3.02. The molecule has 1 amide bonds. The van der Waals surface area contributed by atoms with Gasteiger partial charge in [-0.1, -0.05) is 36.4 Å². The largest absolute Gasteiger partial charge is 0.364 e. The van der Waals surface area contributed by atoms with Crippen LogP contribution in [-0.2, 0) is 0 Å². The van der Waals surface area contributed by atoms with Crippen molar-refractivity contribution in [2.24, 2.45) is 5.73 Å². The number of amides is 1. The predicted molar refractivity (Wildman–Crippen MR) is 81.8 cm³/mol. The highest BCUT2D eigenvalue weighted by Crippen LogP contribution is 2.21. The van der Waals surface area contributed by atoms with Gasteiger partial charge in [0.1, 0.15) is 0 Å². The molecule has 1 heterocycles. The second-order valence-electron chi connectivity index (χ2n) is 4.53. The summed E-state index contributed by atoms with van der Waals surface area (Å²) in [5, 5.41) is 7.42. The van der Waals surface area contributed by atoms with Gasteiger partial charge in [-0.2, -0.15) is 5.10 Å². The Morgan fingerprint density at radius 1 is 1.00 bits per heavy atom. The molecule has 0 aliphatic rings. The van der Waals surface area contributed by atoms with Gasteiger partial charge in [-0.05, 0) is 24.3 Å². The second kappa shape index (κ2) is 5.50. The fourth-order valence-corrected chi connectivity index (χ4v) is 2.04. The van der Waals surface area contributed by atoms with Crippen LogP contribution in [0.1, 0.15) is 10.5 Å². The molecule has 5 heteroatoms. The molecule has 3 rings (SSSR count). The first-order valence-electron chi connectivity index (χ1n) is 6.51. The highest BCUT2D eigenvalue weighted by atomic mass is 16.1. The molecule has 0 aliphatic heterocycles. The summed E-state index contributed by atoms with van der Waals surface area (Å²) < 4.78 is 1.63. The van der Waals surface area contributed by atoms with Crippen LogP contribution < -0.4 is 11.1 Å². The van der Waals surface area contributed by atoms with Crippen LogP contribution in [0.5, 0.6) is 0 Å². The Morgan fingerprint density at radius 3 is 2.24 bits per heavy atom. The smallest absolute Gasteiger partial charge is 0.271 e. The molecule has 0 aliphatic carbocycles. The number of primary amides is 1. The fourth-order valence-electron chi connectivity index (χ4n) is 2.04. The Bertz CT molecular complexity index is 750. The van der Waals surface area contributed by atoms with Crippen LogP contribution in [0.25, 0.3) is 5.69 Å². The van der Waals surface area contributed by atoms with E-state index in [0.717, 1.165) is 11.4 Å². The number of benzene rings is 2. The van der Waals surface area contributed by atoms with Gasteiger partial charge in [0.25, 0.3) is 5.91 Å². The van der Waals surface area contributed by atoms with Crippen LogP contribution in [0.3, 0.4) is 0 Å². The summed E-state index contributed by atoms with van der Waals surface area (Å²) in [5.41, 5.74) is 7.93. The third-order valence-corrected chi connectivity index (χ3v) is 3.02. The lowest BCUT2D eigenvalue weighted by molar-refractivity contribution is 0.0996. The van der Waals surface area contributed by atoms with E-state index < -0.39 is 5.91 Å². The van der Waals surface area contributed by atoms with Gasteiger partial charge >= 0.3 is 0 Å². The van der Waals surface area contributed by atoms with Gasteiger partial charge in [-0.3, -0.25) is 4.79 Å². The van der Waals surface area contributed by atoms with E-state index >= 15 is 0 Å². The molecule has 1 aromatic heterocycles. The van der Waals surface area contributed by atoms with Crippen LogP contribution in [0.4, 0.5) is 11.4 Å². The first-order chi connectivity index (χ1) is 10.2. The van der Waals surface area contributed by atoms with Crippen LogP contribution in [0, 0.1) is 0 Å². The van der Waals surface area contributed by atoms with E-state index in [2.05, 4.69) is 10.4 Å². The van der Waals surface area contributed by atoms with Crippen molar-refractivity contribution in [1.82, 2.24) is 9.78 Å². The maximum atomic E-state index is 11.6. The predicted octanol–water partition coefficient (Wildman–Crippen LogP) is 2.71. The van der Waals surface area contributed by atoms with Crippen molar-refractivity contribution in [1.29, 1.82) is 0 Å². The molecule has 0 fully saturated rings. The number of nitrogens with one attached hydrogen (secondary N) is 1. The van der Waals surface area contributed by atoms with Crippen molar-refractivity contribution >= 4 is 17.3 Å². The molecule has 0 radical (unpaired) electrons. The van der Waals surface area contributed by atoms with Gasteiger partial charge in [0, 0.05) is 5.69 Å². The van der Waals surface area contributed by atoms with E-state index in [-0.39, 0.29) is 5.69 Å². The van der Waals surface area contributed by atoms with Crippen molar-refractivity contribution in [2.75, 3.05) is 5.32 Å². The molecule has 21 heavy (non-hydrogen) atoms. The summed E-state index contributed by atoms with van der Waals surface area (Å²) in [6, 6.07) is 19.1. The van der Waals surface area contributed by atoms with Gasteiger partial charge in [-0.15, -0.1) is 0 Å². The van der Waals surface area contributed by atoms with Crippen LogP contribution in [0.2, 0.25) is 0 Å². The number of rotatable bonds is 4. The lowest BCUT2D eigenvalue weighted by atomic mass is 10.3. The molecule has 5 nitrogen and oxygen atoms in total. The summed E-state index contributed by atoms with van der Waals surface area (Å²) in [5.74, 6) is -0.567. The third kappa shape index (κ3) is 2.76. The summed E-state index contributed by atoms with van der Waals surface area (Å²) in [6.45, 7) is 0. The van der Waals surface area contributed by atoms with Crippen molar-refractivity contribution < 1.29 is 4.79 Å². The number of para-hydroxylation sites is 2. The zero-order valence-corrected chi connectivity index (χ0v) is 11.2. The molecular formula is C16H14N4O. The summed E-state index contributed by atoms with van der Waals surface area (Å²) in [7, 11) is 0. The Labute approximate surface area is 122 Å². The maximum absolute atomic E-state index is 11.6. The number of carbonyl (C=O) groups is 1. The highest BCUT2D eigenvalue weighted by molar-refractivity contribution is 5.97. The minimum Gasteiger partial charge on any atom is -0.364 e. The topological polar surface area (TPSA) is 72.9 Å². The molecule has 2 aromatic carbocycles. The first-order valence-corrected chi connectivity index (χ1v) is 6.51. The maximum Gasteiger partial charge on any atom is 0.271 e. The molecule has 3 N–H and O–H groups in total. The van der Waals surface area contributed by atoms with Gasteiger partial charge in [-0.25, -0.2) is 4.68 Å². The zero-order valence-electron chi connectivity index (χ0n) is 11.2. The quantitative estimate of drug-likeness (QED) is 0.770. The molecule has 104 valence electrons. The number of carbonyl (C=O) groups excluding carboxylic acids is 1.